The summed E-state index contributed by atoms with van der Waals surface area (Å²) in [5, 5.41) is 0. The zero-order valence-corrected chi connectivity index (χ0v) is 14.5. The number of amides is 1. The number of aromatic nitrogens is 1. The lowest BCUT2D eigenvalue weighted by Gasteiger charge is -2.22. The minimum absolute atomic E-state index is 0.0445. The first-order valence-corrected chi connectivity index (χ1v) is 8.12. The van der Waals surface area contributed by atoms with Gasteiger partial charge in [-0.15, -0.1) is 0 Å². The largest absolute Gasteiger partial charge is 0.389 e. The van der Waals surface area contributed by atoms with Crippen LogP contribution < -0.4 is 10.0 Å². The number of anilines is 1. The van der Waals surface area contributed by atoms with Gasteiger partial charge >= 0.3 is 0 Å². The van der Waals surface area contributed by atoms with E-state index < -0.39 is 23.0 Å². The number of nitrogens with two attached hydrogens (primary N) is 1. The van der Waals surface area contributed by atoms with Crippen molar-refractivity contribution in [1.29, 1.82) is 0 Å². The molecule has 2 aromatic rings. The van der Waals surface area contributed by atoms with Crippen LogP contribution in [0.2, 0.25) is 0 Å². The number of benzene rings is 1. The predicted octanol–water partition coefficient (Wildman–Crippen LogP) is 2.04. The highest BCUT2D eigenvalue weighted by Gasteiger charge is 2.29. The highest BCUT2D eigenvalue weighted by molar-refractivity contribution is 7.82. The van der Waals surface area contributed by atoms with Gasteiger partial charge in [-0.3, -0.25) is 14.0 Å². The molecule has 2 rings (SSSR count). The van der Waals surface area contributed by atoms with Crippen molar-refractivity contribution >= 4 is 40.1 Å². The van der Waals surface area contributed by atoms with E-state index in [1.165, 1.54) is 30.5 Å². The normalized spacial score (nSPS) is 11.8. The number of halogens is 1. The zero-order chi connectivity index (χ0) is 17.9. The molecule has 0 aliphatic carbocycles. The Morgan fingerprint density at radius 3 is 2.62 bits per heavy atom. The molecule has 2 N–H and O–H groups in total. The SMILES string of the molecule is COS(=O)N(C(=O)c1ccccc1F)c1cc(C)ncc1C(N)=S. The fourth-order valence-corrected chi connectivity index (χ4v) is 2.83. The quantitative estimate of drug-likeness (QED) is 0.814. The summed E-state index contributed by atoms with van der Waals surface area (Å²) in [4.78, 5) is 16.8. The molecule has 1 aromatic heterocycles. The van der Waals surface area contributed by atoms with Gasteiger partial charge in [0.05, 0.1) is 23.9 Å². The molecular weight excluding hydrogens is 353 g/mol. The Balaban J connectivity index is 2.65. The molecule has 1 atom stereocenters. The van der Waals surface area contributed by atoms with Gasteiger partial charge in [-0.25, -0.2) is 12.9 Å². The lowest BCUT2D eigenvalue weighted by atomic mass is 10.1. The van der Waals surface area contributed by atoms with Crippen LogP contribution in [0.1, 0.15) is 21.6 Å². The van der Waals surface area contributed by atoms with Gasteiger partial charge in [0.15, 0.2) is 0 Å². The molecule has 0 aliphatic rings. The van der Waals surface area contributed by atoms with E-state index in [1.807, 2.05) is 0 Å². The molecule has 0 spiro atoms. The second-order valence-corrected chi connectivity index (χ2v) is 6.24. The molecule has 0 saturated carbocycles. The van der Waals surface area contributed by atoms with Gasteiger partial charge in [-0.05, 0) is 25.1 Å². The van der Waals surface area contributed by atoms with Crippen LogP contribution in [0.3, 0.4) is 0 Å². The second-order valence-electron chi connectivity index (χ2n) is 4.67. The monoisotopic (exact) mass is 367 g/mol. The van der Waals surface area contributed by atoms with Crippen LogP contribution in [-0.2, 0) is 15.4 Å². The average Bonchev–Trinajstić information content (AvgIpc) is 2.55. The van der Waals surface area contributed by atoms with E-state index >= 15 is 0 Å². The molecule has 0 aliphatic heterocycles. The number of carbonyl (C=O) groups excluding carboxylic acids is 1. The maximum atomic E-state index is 14.0. The summed E-state index contributed by atoms with van der Waals surface area (Å²) >= 11 is 2.73. The topological polar surface area (TPSA) is 85.5 Å². The van der Waals surface area contributed by atoms with E-state index in [-0.39, 0.29) is 21.8 Å². The van der Waals surface area contributed by atoms with Crippen molar-refractivity contribution in [1.82, 2.24) is 4.98 Å². The molecule has 0 radical (unpaired) electrons. The number of aryl methyl sites for hydroxylation is 1. The number of hydrogen-bond acceptors (Lipinski definition) is 5. The summed E-state index contributed by atoms with van der Waals surface area (Å²) in [5.74, 6) is -1.60. The highest BCUT2D eigenvalue weighted by atomic mass is 32.2. The van der Waals surface area contributed by atoms with Crippen molar-refractivity contribution < 1.29 is 17.6 Å². The number of pyridine rings is 1. The summed E-state index contributed by atoms with van der Waals surface area (Å²) in [6.07, 6.45) is 1.36. The van der Waals surface area contributed by atoms with Gasteiger partial charge in [-0.1, -0.05) is 24.4 Å². The first-order chi connectivity index (χ1) is 11.4. The van der Waals surface area contributed by atoms with Crippen LogP contribution in [0.5, 0.6) is 0 Å². The molecule has 1 amide bonds. The number of nitrogens with zero attached hydrogens (tertiary/aromatic N) is 2. The first kappa shape index (κ1) is 18.1. The molecule has 1 unspecified atom stereocenters. The molecule has 24 heavy (non-hydrogen) atoms. The van der Waals surface area contributed by atoms with Gasteiger partial charge in [0, 0.05) is 11.9 Å². The Bertz CT molecular complexity index is 829. The van der Waals surface area contributed by atoms with E-state index in [0.29, 0.717) is 5.69 Å². The lowest BCUT2D eigenvalue weighted by Crippen LogP contribution is -2.35. The van der Waals surface area contributed by atoms with Crippen molar-refractivity contribution in [3.8, 4) is 0 Å². The zero-order valence-electron chi connectivity index (χ0n) is 12.9. The highest BCUT2D eigenvalue weighted by Crippen LogP contribution is 2.25. The van der Waals surface area contributed by atoms with Crippen molar-refractivity contribution in [2.24, 2.45) is 5.73 Å². The van der Waals surface area contributed by atoms with Gasteiger partial charge < -0.3 is 5.73 Å². The maximum Gasteiger partial charge on any atom is 0.274 e. The predicted molar refractivity (Wildman–Crippen MR) is 93.2 cm³/mol. The van der Waals surface area contributed by atoms with Crippen LogP contribution >= 0.6 is 12.2 Å². The minimum Gasteiger partial charge on any atom is -0.389 e. The van der Waals surface area contributed by atoms with Crippen LogP contribution in [-0.4, -0.2) is 27.2 Å². The minimum atomic E-state index is -2.22. The van der Waals surface area contributed by atoms with Gasteiger partial charge in [0.1, 0.15) is 10.8 Å². The average molecular weight is 367 g/mol. The third-order valence-corrected chi connectivity index (χ3v) is 4.25. The Morgan fingerprint density at radius 2 is 2.04 bits per heavy atom. The number of carbonyl (C=O) groups is 1. The Labute approximate surface area is 146 Å². The first-order valence-electron chi connectivity index (χ1n) is 6.68. The van der Waals surface area contributed by atoms with Crippen LogP contribution in [0.15, 0.2) is 36.5 Å². The van der Waals surface area contributed by atoms with Crippen molar-refractivity contribution in [2.45, 2.75) is 6.92 Å². The van der Waals surface area contributed by atoms with Gasteiger partial charge in [0.2, 0.25) is 0 Å². The molecule has 126 valence electrons. The smallest absolute Gasteiger partial charge is 0.274 e. The Hall–Kier alpha value is -2.23. The third-order valence-electron chi connectivity index (χ3n) is 3.08. The fraction of sp³-hybridized carbons (Fsp3) is 0.133. The number of thiocarbonyl (C=S) groups is 1. The van der Waals surface area contributed by atoms with Crippen molar-refractivity contribution in [3.05, 3.63) is 59.2 Å². The molecule has 0 saturated heterocycles. The van der Waals surface area contributed by atoms with E-state index in [4.69, 9.17) is 22.1 Å². The fourth-order valence-electron chi connectivity index (χ4n) is 1.98. The molecule has 1 heterocycles. The Morgan fingerprint density at radius 1 is 1.38 bits per heavy atom. The maximum absolute atomic E-state index is 14.0. The summed E-state index contributed by atoms with van der Waals surface area (Å²) < 4.78 is 31.8. The van der Waals surface area contributed by atoms with Crippen LogP contribution in [0.25, 0.3) is 0 Å². The summed E-state index contributed by atoms with van der Waals surface area (Å²) in [6, 6.07) is 6.83. The van der Waals surface area contributed by atoms with E-state index in [2.05, 4.69) is 4.98 Å². The molecule has 6 nitrogen and oxygen atoms in total. The molecular formula is C15H14FN3O3S2. The molecule has 9 heteroatoms. The molecule has 1 aromatic carbocycles. The van der Waals surface area contributed by atoms with Crippen LogP contribution in [0.4, 0.5) is 10.1 Å². The third kappa shape index (κ3) is 3.64. The summed E-state index contributed by atoms with van der Waals surface area (Å²) in [7, 11) is 1.16. The van der Waals surface area contributed by atoms with E-state index in [9.17, 15) is 13.4 Å². The van der Waals surface area contributed by atoms with Gasteiger partial charge in [-0.2, -0.15) is 0 Å². The standard InChI is InChI=1S/C15H14FN3O3S2/c1-9-7-13(11(8-18-9)14(17)23)19(24(21)22-2)15(20)10-5-3-4-6-12(10)16/h3-8H,1-2H3,(H2,17,23). The second kappa shape index (κ2) is 7.56. The molecule has 0 fully saturated rings. The van der Waals surface area contributed by atoms with Crippen LogP contribution in [0, 0.1) is 12.7 Å². The Kier molecular flexibility index (Phi) is 5.71. The summed E-state index contributed by atoms with van der Waals surface area (Å²) in [5.41, 5.74) is 6.28. The van der Waals surface area contributed by atoms with E-state index in [1.54, 1.807) is 6.92 Å². The van der Waals surface area contributed by atoms with Crippen molar-refractivity contribution in [2.75, 3.05) is 11.4 Å². The number of rotatable bonds is 5. The van der Waals surface area contributed by atoms with Crippen molar-refractivity contribution in [3.63, 3.8) is 0 Å². The van der Waals surface area contributed by atoms with Gasteiger partial charge in [0.25, 0.3) is 17.2 Å². The summed E-state index contributed by atoms with van der Waals surface area (Å²) in [6.45, 7) is 1.67. The lowest BCUT2D eigenvalue weighted by molar-refractivity contribution is 0.100. The number of hydrogen-bond donors (Lipinski definition) is 1. The molecule has 0 bridgehead atoms. The van der Waals surface area contributed by atoms with E-state index in [0.717, 1.165) is 17.5 Å².